The van der Waals surface area contributed by atoms with Gasteiger partial charge in [0, 0.05) is 25.7 Å². The predicted octanol–water partition coefficient (Wildman–Crippen LogP) is -8.15. The summed E-state index contributed by atoms with van der Waals surface area (Å²) < 4.78 is 50.0. The molecule has 1 amide bonds. The fourth-order valence-corrected chi connectivity index (χ4v) is 7.54. The number of halogens is 1. The molecule has 1 aliphatic carbocycles. The number of aliphatic hydroxyl groups is 7. The summed E-state index contributed by atoms with van der Waals surface area (Å²) >= 11 is 0. The molecule has 4 aliphatic heterocycles. The molecule has 23 heteroatoms. The molecule has 20 N–H and O–H groups in total. The van der Waals surface area contributed by atoms with Crippen LogP contribution in [0.4, 0.5) is 4.39 Å². The van der Waals surface area contributed by atoms with E-state index in [1.54, 1.807) is 6.08 Å². The largest absolute Gasteiger partial charge is 0.467 e. The zero-order valence-corrected chi connectivity index (χ0v) is 31.0. The lowest BCUT2D eigenvalue weighted by molar-refractivity contribution is -0.282. The molecule has 0 aromatic carbocycles. The first-order valence-corrected chi connectivity index (χ1v) is 19.0. The van der Waals surface area contributed by atoms with Crippen LogP contribution in [-0.2, 0) is 33.2 Å². The van der Waals surface area contributed by atoms with Gasteiger partial charge in [-0.3, -0.25) is 4.79 Å². The Hall–Kier alpha value is -1.82. The topological polar surface area (TPSA) is 380 Å². The average Bonchev–Trinajstić information content (AvgIpc) is 3.48. The van der Waals surface area contributed by atoms with Gasteiger partial charge in [-0.2, -0.15) is 0 Å². The van der Waals surface area contributed by atoms with Crippen LogP contribution in [-0.4, -0.2) is 203 Å². The van der Waals surface area contributed by atoms with Gasteiger partial charge in [0.2, 0.25) is 6.29 Å². The molecule has 3 saturated heterocycles. The van der Waals surface area contributed by atoms with Gasteiger partial charge in [-0.05, 0) is 44.8 Å². The van der Waals surface area contributed by atoms with Crippen molar-refractivity contribution >= 4 is 5.91 Å². The molecule has 1 saturated carbocycles. The second-order valence-electron chi connectivity index (χ2n) is 15.2. The van der Waals surface area contributed by atoms with E-state index in [0.717, 1.165) is 0 Å². The highest BCUT2D eigenvalue weighted by atomic mass is 19.1. The number of alkyl halides is 1. The fraction of sp³-hybridized carbons (Fsp3) is 0.909. The molecule has 0 radical (unpaired) electrons. The molecule has 0 bridgehead atoms. The van der Waals surface area contributed by atoms with Crippen molar-refractivity contribution in [3.63, 3.8) is 0 Å². The maximum Gasteiger partial charge on any atom is 0.252 e. The summed E-state index contributed by atoms with van der Waals surface area (Å²) in [5, 5.41) is 83.8. The third-order valence-corrected chi connectivity index (χ3v) is 11.0. The minimum absolute atomic E-state index is 0.171. The van der Waals surface area contributed by atoms with E-state index in [0.29, 0.717) is 44.7 Å². The van der Waals surface area contributed by atoms with E-state index in [9.17, 15) is 44.9 Å². The number of hydrogen-bond donors (Lipinski definition) is 15. The first-order chi connectivity index (χ1) is 26.6. The highest BCUT2D eigenvalue weighted by Gasteiger charge is 2.54. The number of carbonyl (C=O) groups excluding carboxylic acids is 1. The van der Waals surface area contributed by atoms with E-state index in [4.69, 9.17) is 57.1 Å². The van der Waals surface area contributed by atoms with Crippen molar-refractivity contribution in [2.45, 2.75) is 142 Å². The van der Waals surface area contributed by atoms with Crippen LogP contribution in [0.15, 0.2) is 11.8 Å². The van der Waals surface area contributed by atoms with Crippen molar-refractivity contribution in [3.8, 4) is 0 Å². The monoisotopic (exact) mass is 812 g/mol. The van der Waals surface area contributed by atoms with E-state index < -0.39 is 135 Å². The van der Waals surface area contributed by atoms with Crippen LogP contribution >= 0.6 is 0 Å². The Morgan fingerprint density at radius 1 is 0.929 bits per heavy atom. The minimum atomic E-state index is -2.16. The Kier molecular flexibility index (Phi) is 16.1. The predicted molar refractivity (Wildman–Crippen MR) is 190 cm³/mol. The van der Waals surface area contributed by atoms with E-state index in [2.05, 4.69) is 16.0 Å². The van der Waals surface area contributed by atoms with Crippen LogP contribution in [0.2, 0.25) is 0 Å². The summed E-state index contributed by atoms with van der Waals surface area (Å²) in [5.74, 6) is -0.710. The Morgan fingerprint density at radius 3 is 2.25 bits per heavy atom. The van der Waals surface area contributed by atoms with Gasteiger partial charge in [0.05, 0.1) is 36.9 Å². The lowest BCUT2D eigenvalue weighted by atomic mass is 9.83. The number of rotatable bonds is 16. The molecule has 4 fully saturated rings. The summed E-state index contributed by atoms with van der Waals surface area (Å²) in [6.45, 7) is 0.366. The van der Waals surface area contributed by atoms with Gasteiger partial charge in [0.15, 0.2) is 18.7 Å². The zero-order chi connectivity index (χ0) is 40.9. The highest BCUT2D eigenvalue weighted by Crippen LogP contribution is 2.34. The second kappa shape index (κ2) is 20.0. The van der Waals surface area contributed by atoms with E-state index in [-0.39, 0.29) is 19.5 Å². The van der Waals surface area contributed by atoms with Crippen LogP contribution in [0.25, 0.3) is 0 Å². The van der Waals surface area contributed by atoms with Crippen molar-refractivity contribution in [1.82, 2.24) is 16.0 Å². The van der Waals surface area contributed by atoms with E-state index in [1.165, 1.54) is 0 Å². The number of carbonyl (C=O) groups is 1. The molecular formula is C33H61FN8O14. The number of ether oxygens (including phenoxy) is 6. The summed E-state index contributed by atoms with van der Waals surface area (Å²) in [6, 6.07) is -4.33. The first kappa shape index (κ1) is 45.3. The first-order valence-electron chi connectivity index (χ1n) is 19.0. The van der Waals surface area contributed by atoms with Crippen molar-refractivity contribution in [2.75, 3.05) is 45.9 Å². The molecule has 4 heterocycles. The average molecular weight is 813 g/mol. The van der Waals surface area contributed by atoms with Crippen LogP contribution in [0.1, 0.15) is 25.7 Å². The van der Waals surface area contributed by atoms with Gasteiger partial charge in [-0.25, -0.2) is 4.39 Å². The second-order valence-corrected chi connectivity index (χ2v) is 15.2. The van der Waals surface area contributed by atoms with Crippen LogP contribution < -0.4 is 44.6 Å². The van der Waals surface area contributed by atoms with Gasteiger partial charge in [-0.1, -0.05) is 0 Å². The molecule has 0 aromatic rings. The summed E-state index contributed by atoms with van der Waals surface area (Å²) in [7, 11) is 0. The minimum Gasteiger partial charge on any atom is -0.467 e. The van der Waals surface area contributed by atoms with Gasteiger partial charge < -0.3 is 109 Å². The maximum absolute atomic E-state index is 14.1. The van der Waals surface area contributed by atoms with Crippen LogP contribution in [0.3, 0.4) is 0 Å². The quantitative estimate of drug-likeness (QED) is 0.0688. The summed E-state index contributed by atoms with van der Waals surface area (Å²) in [4.78, 5) is 12.8. The van der Waals surface area contributed by atoms with Gasteiger partial charge in [-0.15, -0.1) is 0 Å². The van der Waals surface area contributed by atoms with E-state index >= 15 is 0 Å². The number of hydrogen-bond acceptors (Lipinski definition) is 21. The highest BCUT2D eigenvalue weighted by molar-refractivity contribution is 5.81. The Bertz CT molecular complexity index is 1290. The number of nitrogens with two attached hydrogens (primary N) is 5. The normalized spacial score (nSPS) is 42.7. The third kappa shape index (κ3) is 10.5. The molecule has 0 unspecified atom stereocenters. The standard InChI is InChI=1S/C33H61FN8O14/c34-14(8-35)21(44)29(49)42-17-7-16(38)26(54-30-15(37)2-1-13(51-30)10-41-12-33(50)3-5-40-6-4-33)28(22(17)45)56-32-25(48)27(19(11-43)53-32)55-31-20(39)24(47)23(46)18(9-36)52-31/h1,14-28,30-32,40-41,43-48,50H,2-12,35-39H2,(H,42,49)/t14-,15-,16+,17-,18+,19-,20-,21+,22+,23-,24-,25-,26-,27-,28-,30-,31-,32+/m1/s1. The van der Waals surface area contributed by atoms with Crippen molar-refractivity contribution in [1.29, 1.82) is 0 Å². The molecule has 22 nitrogen and oxygen atoms in total. The lowest BCUT2D eigenvalue weighted by Crippen LogP contribution is -2.67. The SMILES string of the molecule is NC[C@@H](F)[C@H](O)C(=O)N[C@@H]1C[C@H](N)[C@@H](O[C@H]2OC(CNCC3(O)CCNCC3)=CC[C@H]2N)[C@H](O[C@@H]2O[C@H](CO)[C@@H](O[C@H]3O[C@@H](CN)[C@@H](O)[C@H](O)[C@H]3N)[C@H]2O)[C@H]1O. The molecule has 0 spiro atoms. The smallest absolute Gasteiger partial charge is 0.252 e. The lowest BCUT2D eigenvalue weighted by Gasteiger charge is -2.46. The molecule has 5 aliphatic rings. The molecule has 0 aromatic heterocycles. The van der Waals surface area contributed by atoms with Crippen molar-refractivity contribution in [2.24, 2.45) is 28.7 Å². The maximum atomic E-state index is 14.1. The van der Waals surface area contributed by atoms with Crippen LogP contribution in [0.5, 0.6) is 0 Å². The summed E-state index contributed by atoms with van der Waals surface area (Å²) in [6.07, 6.45) is -18.3. The Balaban J connectivity index is 1.32. The van der Waals surface area contributed by atoms with E-state index in [1.807, 2.05) is 0 Å². The van der Waals surface area contributed by atoms with Crippen LogP contribution in [0, 0.1) is 0 Å². The summed E-state index contributed by atoms with van der Waals surface area (Å²) in [5.41, 5.74) is 29.1. The molecule has 56 heavy (non-hydrogen) atoms. The molecule has 5 rings (SSSR count). The Morgan fingerprint density at radius 2 is 1.59 bits per heavy atom. The van der Waals surface area contributed by atoms with Crippen molar-refractivity contribution in [3.05, 3.63) is 11.8 Å². The van der Waals surface area contributed by atoms with Crippen molar-refractivity contribution < 1.29 is 73.4 Å². The molecule has 324 valence electrons. The zero-order valence-electron chi connectivity index (χ0n) is 31.0. The molecule has 18 atom stereocenters. The number of piperidine rings is 1. The van der Waals surface area contributed by atoms with Gasteiger partial charge in [0.1, 0.15) is 66.9 Å². The number of amides is 1. The number of nitrogens with one attached hydrogen (secondary N) is 3. The number of aliphatic hydroxyl groups excluding tert-OH is 6. The Labute approximate surface area is 323 Å². The fourth-order valence-electron chi connectivity index (χ4n) is 7.54. The van der Waals surface area contributed by atoms with Gasteiger partial charge >= 0.3 is 0 Å². The van der Waals surface area contributed by atoms with Gasteiger partial charge in [0.25, 0.3) is 5.91 Å². The molecular weight excluding hydrogens is 751 g/mol. The third-order valence-electron chi connectivity index (χ3n) is 11.0.